The van der Waals surface area contributed by atoms with Gasteiger partial charge in [0.2, 0.25) is 0 Å². The number of hydrogen-bond donors (Lipinski definition) is 0. The van der Waals surface area contributed by atoms with Crippen LogP contribution in [-0.4, -0.2) is 77.5 Å². The molecule has 2 aliphatic heterocycles. The van der Waals surface area contributed by atoms with Crippen LogP contribution in [0.4, 0.5) is 0 Å². The minimum Gasteiger partial charge on any atom is -0.497 e. The van der Waals surface area contributed by atoms with Crippen molar-refractivity contribution in [1.82, 2.24) is 9.80 Å². The number of rotatable bonds is 9. The van der Waals surface area contributed by atoms with Gasteiger partial charge in [-0.05, 0) is 31.6 Å². The molecule has 1 aromatic carbocycles. The minimum atomic E-state index is -1.34. The molecule has 5 heteroatoms. The standard InChI is InChI=1S/C21H36N2O2Si/c1-3-25-15-13-22-9-11-23(12-10-22)14-18-26(16-4-5-17-26)21-8-6-7-20(19-21)24-2/h6-8,19H,3-5,9-18H2,1-2H3. The van der Waals surface area contributed by atoms with Crippen LogP contribution in [0.15, 0.2) is 24.3 Å². The van der Waals surface area contributed by atoms with E-state index in [0.717, 1.165) is 25.5 Å². The van der Waals surface area contributed by atoms with Crippen molar-refractivity contribution in [1.29, 1.82) is 0 Å². The lowest BCUT2D eigenvalue weighted by atomic mass is 10.3. The fourth-order valence-electron chi connectivity index (χ4n) is 4.63. The molecule has 0 unspecified atom stereocenters. The van der Waals surface area contributed by atoms with E-state index in [1.165, 1.54) is 63.7 Å². The van der Waals surface area contributed by atoms with E-state index in [1.807, 2.05) is 0 Å². The summed E-state index contributed by atoms with van der Waals surface area (Å²) >= 11 is 0. The first-order valence-electron chi connectivity index (χ1n) is 10.4. The molecule has 2 saturated heterocycles. The third-order valence-electron chi connectivity index (χ3n) is 6.37. The van der Waals surface area contributed by atoms with Crippen LogP contribution in [0, 0.1) is 0 Å². The highest BCUT2D eigenvalue weighted by molar-refractivity contribution is 6.92. The summed E-state index contributed by atoms with van der Waals surface area (Å²) < 4.78 is 11.0. The molecular formula is C21H36N2O2Si. The van der Waals surface area contributed by atoms with E-state index < -0.39 is 8.07 Å². The van der Waals surface area contributed by atoms with Gasteiger partial charge in [-0.1, -0.05) is 42.2 Å². The van der Waals surface area contributed by atoms with Crippen LogP contribution in [0.25, 0.3) is 0 Å². The maximum Gasteiger partial charge on any atom is 0.118 e. The molecule has 0 N–H and O–H groups in total. The van der Waals surface area contributed by atoms with Crippen LogP contribution in [-0.2, 0) is 4.74 Å². The van der Waals surface area contributed by atoms with E-state index in [2.05, 4.69) is 41.0 Å². The van der Waals surface area contributed by atoms with E-state index in [-0.39, 0.29) is 0 Å². The molecule has 0 bridgehead atoms. The van der Waals surface area contributed by atoms with Crippen molar-refractivity contribution in [3.63, 3.8) is 0 Å². The molecule has 26 heavy (non-hydrogen) atoms. The summed E-state index contributed by atoms with van der Waals surface area (Å²) in [7, 11) is 0.447. The molecule has 3 rings (SSSR count). The maximum absolute atomic E-state index is 5.50. The van der Waals surface area contributed by atoms with Crippen molar-refractivity contribution in [2.45, 2.75) is 37.9 Å². The summed E-state index contributed by atoms with van der Waals surface area (Å²) in [5.74, 6) is 1.03. The van der Waals surface area contributed by atoms with Gasteiger partial charge >= 0.3 is 0 Å². The van der Waals surface area contributed by atoms with Gasteiger partial charge in [0.15, 0.2) is 0 Å². The summed E-state index contributed by atoms with van der Waals surface area (Å²) in [6.45, 7) is 11.0. The quantitative estimate of drug-likeness (QED) is 0.489. The highest BCUT2D eigenvalue weighted by Gasteiger charge is 2.38. The summed E-state index contributed by atoms with van der Waals surface area (Å²) in [6.07, 6.45) is 2.85. The van der Waals surface area contributed by atoms with Crippen molar-refractivity contribution in [3.05, 3.63) is 24.3 Å². The normalized spacial score (nSPS) is 21.2. The number of benzene rings is 1. The van der Waals surface area contributed by atoms with Gasteiger partial charge in [-0.25, -0.2) is 0 Å². The van der Waals surface area contributed by atoms with Crippen molar-refractivity contribution in [2.24, 2.45) is 0 Å². The number of hydrogen-bond acceptors (Lipinski definition) is 4. The molecule has 0 radical (unpaired) electrons. The molecule has 2 aliphatic rings. The monoisotopic (exact) mass is 376 g/mol. The molecular weight excluding hydrogens is 340 g/mol. The molecule has 0 spiro atoms. The Morgan fingerprint density at radius 2 is 1.69 bits per heavy atom. The minimum absolute atomic E-state index is 0.830. The molecule has 146 valence electrons. The van der Waals surface area contributed by atoms with Gasteiger partial charge in [-0.3, -0.25) is 4.90 Å². The zero-order chi connectivity index (χ0) is 18.2. The first-order valence-corrected chi connectivity index (χ1v) is 13.0. The molecule has 2 fully saturated rings. The molecule has 1 aromatic rings. The Bertz CT molecular complexity index is 541. The SMILES string of the molecule is CCOCCN1CCN(CC[Si]2(c3cccc(OC)c3)CCCC2)CC1. The lowest BCUT2D eigenvalue weighted by molar-refractivity contribution is 0.0825. The highest BCUT2D eigenvalue weighted by atomic mass is 28.3. The van der Waals surface area contributed by atoms with E-state index in [4.69, 9.17) is 9.47 Å². The van der Waals surface area contributed by atoms with Crippen molar-refractivity contribution >= 4 is 13.3 Å². The second-order valence-corrected chi connectivity index (χ2v) is 12.5. The first-order chi connectivity index (χ1) is 12.8. The molecule has 0 saturated carbocycles. The van der Waals surface area contributed by atoms with Crippen LogP contribution in [0.2, 0.25) is 18.1 Å². The largest absolute Gasteiger partial charge is 0.497 e. The Hall–Kier alpha value is -0.883. The molecule has 0 atom stereocenters. The third kappa shape index (κ3) is 5.09. The van der Waals surface area contributed by atoms with Gasteiger partial charge in [-0.2, -0.15) is 0 Å². The fraction of sp³-hybridized carbons (Fsp3) is 0.714. The number of nitrogens with zero attached hydrogens (tertiary/aromatic N) is 2. The van der Waals surface area contributed by atoms with Gasteiger partial charge in [0.1, 0.15) is 5.75 Å². The van der Waals surface area contributed by atoms with Gasteiger partial charge < -0.3 is 14.4 Å². The first kappa shape index (κ1) is 19.9. The Morgan fingerprint density at radius 1 is 1.00 bits per heavy atom. The fourth-order valence-corrected chi connectivity index (χ4v) is 9.75. The Kier molecular flexibility index (Phi) is 7.55. The zero-order valence-electron chi connectivity index (χ0n) is 16.7. The lowest BCUT2D eigenvalue weighted by Crippen LogP contribution is -2.51. The predicted octanol–water partition coefficient (Wildman–Crippen LogP) is 2.80. The lowest BCUT2D eigenvalue weighted by Gasteiger charge is -2.37. The van der Waals surface area contributed by atoms with Gasteiger partial charge in [-0.15, -0.1) is 0 Å². The van der Waals surface area contributed by atoms with Gasteiger partial charge in [0.25, 0.3) is 0 Å². The second-order valence-electron chi connectivity index (χ2n) is 7.85. The van der Waals surface area contributed by atoms with E-state index in [1.54, 1.807) is 12.3 Å². The van der Waals surface area contributed by atoms with E-state index in [0.29, 0.717) is 0 Å². The third-order valence-corrected chi connectivity index (χ3v) is 11.7. The van der Waals surface area contributed by atoms with Crippen molar-refractivity contribution < 1.29 is 9.47 Å². The number of methoxy groups -OCH3 is 1. The Balaban J connectivity index is 1.52. The van der Waals surface area contributed by atoms with Crippen LogP contribution in [0.1, 0.15) is 19.8 Å². The molecule has 2 heterocycles. The molecule has 0 amide bonds. The average molecular weight is 377 g/mol. The smallest absolute Gasteiger partial charge is 0.118 e. The summed E-state index contributed by atoms with van der Waals surface area (Å²) in [5.41, 5.74) is 0. The maximum atomic E-state index is 5.50. The topological polar surface area (TPSA) is 24.9 Å². The highest BCUT2D eigenvalue weighted by Crippen LogP contribution is 2.34. The van der Waals surface area contributed by atoms with E-state index in [9.17, 15) is 0 Å². The second kappa shape index (κ2) is 9.88. The Morgan fingerprint density at radius 3 is 2.35 bits per heavy atom. The molecule has 0 aromatic heterocycles. The van der Waals surface area contributed by atoms with Gasteiger partial charge in [0, 0.05) is 39.3 Å². The van der Waals surface area contributed by atoms with Crippen LogP contribution in [0.3, 0.4) is 0 Å². The number of ether oxygens (including phenoxy) is 2. The predicted molar refractivity (Wildman–Crippen MR) is 111 cm³/mol. The van der Waals surface area contributed by atoms with E-state index >= 15 is 0 Å². The molecule has 4 nitrogen and oxygen atoms in total. The van der Waals surface area contributed by atoms with Crippen LogP contribution < -0.4 is 9.92 Å². The van der Waals surface area contributed by atoms with Crippen molar-refractivity contribution in [3.8, 4) is 5.75 Å². The summed E-state index contributed by atoms with van der Waals surface area (Å²) in [5, 5.41) is 1.63. The number of piperazine rings is 1. The molecule has 0 aliphatic carbocycles. The Labute approximate surface area is 160 Å². The summed E-state index contributed by atoms with van der Waals surface area (Å²) in [6, 6.07) is 13.3. The average Bonchev–Trinajstić information content (AvgIpc) is 3.18. The van der Waals surface area contributed by atoms with Crippen LogP contribution >= 0.6 is 0 Å². The van der Waals surface area contributed by atoms with Crippen molar-refractivity contribution in [2.75, 3.05) is 59.6 Å². The zero-order valence-corrected chi connectivity index (χ0v) is 17.7. The van der Waals surface area contributed by atoms with Crippen LogP contribution in [0.5, 0.6) is 5.75 Å². The summed E-state index contributed by atoms with van der Waals surface area (Å²) in [4.78, 5) is 5.25. The van der Waals surface area contributed by atoms with Gasteiger partial charge in [0.05, 0.1) is 21.8 Å².